The third kappa shape index (κ3) is 4.51. The monoisotopic (exact) mass is 301 g/mol. The van der Waals surface area contributed by atoms with Gasteiger partial charge in [0, 0.05) is 0 Å². The highest BCUT2D eigenvalue weighted by Gasteiger charge is 2.07. The first-order valence-electron chi connectivity index (χ1n) is 6.21. The summed E-state index contributed by atoms with van der Waals surface area (Å²) in [4.78, 5) is 11.6. The highest BCUT2D eigenvalue weighted by atomic mass is 35.5. The molecule has 0 aliphatic heterocycles. The van der Waals surface area contributed by atoms with E-state index in [0.29, 0.717) is 16.3 Å². The number of nitriles is 1. The van der Waals surface area contributed by atoms with Crippen molar-refractivity contribution in [1.29, 1.82) is 5.26 Å². The number of carbonyl (C=O) groups excluding carboxylic acids is 1. The molecule has 2 rings (SSSR count). The minimum absolute atomic E-state index is 0.0975. The topological polar surface area (TPSA) is 59.3 Å². The number of rotatable bonds is 5. The molecule has 21 heavy (non-hydrogen) atoms. The molecule has 0 saturated carbocycles. The van der Waals surface area contributed by atoms with Crippen LogP contribution in [0.4, 0.5) is 0 Å². The zero-order valence-electron chi connectivity index (χ0n) is 11.1. The Hall–Kier alpha value is -2.51. The maximum Gasteiger partial charge on any atom is 0.344 e. The van der Waals surface area contributed by atoms with E-state index in [-0.39, 0.29) is 13.2 Å². The van der Waals surface area contributed by atoms with Gasteiger partial charge in [0.1, 0.15) is 12.4 Å². The molecule has 0 aliphatic rings. The second kappa shape index (κ2) is 7.32. The molecule has 0 unspecified atom stereocenters. The Morgan fingerprint density at radius 1 is 1.19 bits per heavy atom. The third-order valence-electron chi connectivity index (χ3n) is 2.64. The minimum atomic E-state index is -0.503. The third-order valence-corrected chi connectivity index (χ3v) is 2.95. The number of hydrogen-bond donors (Lipinski definition) is 0. The number of benzene rings is 2. The maximum absolute atomic E-state index is 11.6. The Morgan fingerprint density at radius 3 is 2.76 bits per heavy atom. The average Bonchev–Trinajstić information content (AvgIpc) is 2.52. The van der Waals surface area contributed by atoms with Gasteiger partial charge < -0.3 is 9.47 Å². The Labute approximate surface area is 127 Å². The Kier molecular flexibility index (Phi) is 5.19. The predicted molar refractivity (Wildman–Crippen MR) is 77.9 cm³/mol. The van der Waals surface area contributed by atoms with Gasteiger partial charge in [-0.15, -0.1) is 0 Å². The van der Waals surface area contributed by atoms with Gasteiger partial charge in [-0.2, -0.15) is 5.26 Å². The molecule has 0 N–H and O–H groups in total. The Balaban J connectivity index is 1.82. The van der Waals surface area contributed by atoms with E-state index in [2.05, 4.69) is 0 Å². The van der Waals surface area contributed by atoms with Crippen LogP contribution in [0.1, 0.15) is 11.1 Å². The van der Waals surface area contributed by atoms with Crippen LogP contribution in [0.3, 0.4) is 0 Å². The molecule has 0 heterocycles. The fourth-order valence-electron chi connectivity index (χ4n) is 1.63. The molecule has 0 amide bonds. The fraction of sp³-hybridized carbons (Fsp3) is 0.125. The van der Waals surface area contributed by atoms with Gasteiger partial charge >= 0.3 is 5.97 Å². The number of halogens is 1. The van der Waals surface area contributed by atoms with Gasteiger partial charge in [0.15, 0.2) is 6.61 Å². The van der Waals surface area contributed by atoms with Gasteiger partial charge in [-0.1, -0.05) is 35.9 Å². The molecular weight excluding hydrogens is 290 g/mol. The number of esters is 1. The summed E-state index contributed by atoms with van der Waals surface area (Å²) in [5.41, 5.74) is 1.27. The molecule has 0 radical (unpaired) electrons. The lowest BCUT2D eigenvalue weighted by molar-refractivity contribution is -0.147. The van der Waals surface area contributed by atoms with Gasteiger partial charge in [0.2, 0.25) is 0 Å². The first-order valence-corrected chi connectivity index (χ1v) is 6.59. The highest BCUT2D eigenvalue weighted by Crippen LogP contribution is 2.22. The molecule has 5 heteroatoms. The zero-order valence-corrected chi connectivity index (χ0v) is 11.8. The minimum Gasteiger partial charge on any atom is -0.480 e. The second-order valence-electron chi connectivity index (χ2n) is 4.19. The first-order chi connectivity index (χ1) is 10.2. The quantitative estimate of drug-likeness (QED) is 0.795. The van der Waals surface area contributed by atoms with E-state index >= 15 is 0 Å². The predicted octanol–water partition coefficient (Wildman–Crippen LogP) is 3.33. The fourth-order valence-corrected chi connectivity index (χ4v) is 1.82. The van der Waals surface area contributed by atoms with Crippen LogP contribution >= 0.6 is 11.6 Å². The normalized spacial score (nSPS) is 9.71. The smallest absolute Gasteiger partial charge is 0.344 e. The van der Waals surface area contributed by atoms with Crippen molar-refractivity contribution in [3.05, 3.63) is 64.7 Å². The van der Waals surface area contributed by atoms with E-state index in [1.165, 1.54) is 0 Å². The Bertz CT molecular complexity index is 679. The Morgan fingerprint density at radius 2 is 2.00 bits per heavy atom. The molecule has 4 nitrogen and oxygen atoms in total. The molecular formula is C16H12ClNO3. The number of para-hydroxylation sites is 1. The van der Waals surface area contributed by atoms with E-state index in [4.69, 9.17) is 26.3 Å². The van der Waals surface area contributed by atoms with Gasteiger partial charge in [0.25, 0.3) is 0 Å². The molecule has 0 fully saturated rings. The van der Waals surface area contributed by atoms with Crippen LogP contribution in [0.2, 0.25) is 5.02 Å². The van der Waals surface area contributed by atoms with E-state index in [1.807, 2.05) is 6.07 Å². The molecule has 2 aromatic carbocycles. The van der Waals surface area contributed by atoms with Crippen LogP contribution in [-0.4, -0.2) is 12.6 Å². The molecule has 0 aliphatic carbocycles. The van der Waals surface area contributed by atoms with Crippen molar-refractivity contribution in [3.8, 4) is 11.8 Å². The van der Waals surface area contributed by atoms with E-state index in [9.17, 15) is 4.79 Å². The maximum atomic E-state index is 11.6. The molecule has 0 aromatic heterocycles. The van der Waals surface area contributed by atoms with Gasteiger partial charge in [-0.3, -0.25) is 0 Å². The lowest BCUT2D eigenvalue weighted by atomic mass is 10.1. The largest absolute Gasteiger partial charge is 0.480 e. The summed E-state index contributed by atoms with van der Waals surface area (Å²) in [7, 11) is 0. The van der Waals surface area contributed by atoms with Gasteiger partial charge in [-0.25, -0.2) is 4.79 Å². The summed E-state index contributed by atoms with van der Waals surface area (Å²) >= 11 is 5.91. The van der Waals surface area contributed by atoms with Crippen LogP contribution < -0.4 is 4.74 Å². The highest BCUT2D eigenvalue weighted by molar-refractivity contribution is 6.32. The van der Waals surface area contributed by atoms with Crippen molar-refractivity contribution in [2.45, 2.75) is 6.61 Å². The number of ether oxygens (including phenoxy) is 2. The van der Waals surface area contributed by atoms with Crippen LogP contribution in [0.25, 0.3) is 0 Å². The van der Waals surface area contributed by atoms with Crippen molar-refractivity contribution >= 4 is 17.6 Å². The molecule has 0 bridgehead atoms. The molecule has 0 spiro atoms. The second-order valence-corrected chi connectivity index (χ2v) is 4.60. The van der Waals surface area contributed by atoms with Crippen molar-refractivity contribution in [3.63, 3.8) is 0 Å². The van der Waals surface area contributed by atoms with Gasteiger partial charge in [0.05, 0.1) is 16.7 Å². The lowest BCUT2D eigenvalue weighted by Gasteiger charge is -2.08. The van der Waals surface area contributed by atoms with E-state index in [1.54, 1.807) is 48.5 Å². The van der Waals surface area contributed by atoms with Crippen LogP contribution in [0, 0.1) is 11.3 Å². The molecule has 106 valence electrons. The van der Waals surface area contributed by atoms with Crippen LogP contribution in [0.15, 0.2) is 48.5 Å². The summed E-state index contributed by atoms with van der Waals surface area (Å²) in [5, 5.41) is 9.22. The van der Waals surface area contributed by atoms with Crippen LogP contribution in [0.5, 0.6) is 5.75 Å². The van der Waals surface area contributed by atoms with Crippen LogP contribution in [-0.2, 0) is 16.1 Å². The van der Waals surface area contributed by atoms with Crippen molar-refractivity contribution in [1.82, 2.24) is 0 Å². The number of carbonyl (C=O) groups is 1. The summed E-state index contributed by atoms with van der Waals surface area (Å²) in [5.74, 6) is -0.0696. The summed E-state index contributed by atoms with van der Waals surface area (Å²) < 4.78 is 10.3. The summed E-state index contributed by atoms with van der Waals surface area (Å²) in [6.45, 7) is -0.123. The van der Waals surface area contributed by atoms with Gasteiger partial charge in [-0.05, 0) is 29.8 Å². The van der Waals surface area contributed by atoms with Crippen molar-refractivity contribution in [2.24, 2.45) is 0 Å². The standard InChI is InChI=1S/C16H12ClNO3/c17-14-6-1-2-7-15(14)20-11-16(19)21-10-13-5-3-4-12(8-13)9-18/h1-8H,10-11H2. The number of hydrogen-bond acceptors (Lipinski definition) is 4. The average molecular weight is 302 g/mol. The van der Waals surface area contributed by atoms with E-state index in [0.717, 1.165) is 5.56 Å². The number of nitrogens with zero attached hydrogens (tertiary/aromatic N) is 1. The SMILES string of the molecule is N#Cc1cccc(COC(=O)COc2ccccc2Cl)c1. The van der Waals surface area contributed by atoms with Crippen molar-refractivity contribution < 1.29 is 14.3 Å². The van der Waals surface area contributed by atoms with E-state index < -0.39 is 5.97 Å². The molecule has 2 aromatic rings. The first kappa shape index (κ1) is 14.9. The summed E-state index contributed by atoms with van der Waals surface area (Å²) in [6.07, 6.45) is 0. The zero-order chi connectivity index (χ0) is 15.1. The summed E-state index contributed by atoms with van der Waals surface area (Å²) in [6, 6.07) is 15.8. The molecule has 0 atom stereocenters. The van der Waals surface area contributed by atoms with Crippen molar-refractivity contribution in [2.75, 3.05) is 6.61 Å². The lowest BCUT2D eigenvalue weighted by Crippen LogP contribution is -2.14. The molecule has 0 saturated heterocycles.